The second-order valence-corrected chi connectivity index (χ2v) is 7.62. The van der Waals surface area contributed by atoms with E-state index in [0.29, 0.717) is 18.8 Å². The van der Waals surface area contributed by atoms with Crippen molar-refractivity contribution in [3.63, 3.8) is 0 Å². The van der Waals surface area contributed by atoms with Crippen LogP contribution >= 0.6 is 0 Å². The first-order valence-corrected chi connectivity index (χ1v) is 9.59. The molecule has 3 unspecified atom stereocenters. The number of unbranched alkanes of at least 4 members (excludes halogenated alkanes) is 4. The number of carbonyl (C=O) groups excluding carboxylic acids is 2. The molecule has 2 saturated heterocycles. The lowest BCUT2D eigenvalue weighted by molar-refractivity contribution is -0.151. The fourth-order valence-corrected chi connectivity index (χ4v) is 4.71. The molecule has 0 aromatic carbocycles. The number of carbonyl (C=O) groups is 2. The molecule has 2 heterocycles. The van der Waals surface area contributed by atoms with Crippen LogP contribution in [-0.4, -0.2) is 23.6 Å². The molecule has 0 bridgehead atoms. The Morgan fingerprint density at radius 3 is 2.35 bits per heavy atom. The number of ether oxygens (including phenoxy) is 2. The van der Waals surface area contributed by atoms with Crippen molar-refractivity contribution in [2.45, 2.75) is 102 Å². The van der Waals surface area contributed by atoms with Crippen LogP contribution in [0.2, 0.25) is 0 Å². The molecule has 1 aliphatic carbocycles. The highest BCUT2D eigenvalue weighted by Crippen LogP contribution is 2.47. The highest BCUT2D eigenvalue weighted by Gasteiger charge is 2.49. The summed E-state index contributed by atoms with van der Waals surface area (Å²) in [5.41, 5.74) is -0.0799. The molecule has 1 saturated carbocycles. The van der Waals surface area contributed by atoms with Crippen molar-refractivity contribution >= 4 is 11.9 Å². The van der Waals surface area contributed by atoms with Crippen molar-refractivity contribution < 1.29 is 19.1 Å². The van der Waals surface area contributed by atoms with Crippen molar-refractivity contribution in [3.8, 4) is 0 Å². The maximum atomic E-state index is 11.5. The van der Waals surface area contributed by atoms with E-state index in [1.807, 2.05) is 0 Å². The van der Waals surface area contributed by atoms with Crippen LogP contribution in [0.1, 0.15) is 89.9 Å². The summed E-state index contributed by atoms with van der Waals surface area (Å²) in [7, 11) is 0. The SMILES string of the molecule is O=C1CCC(CCCCCCCC2CCCC23CCC(=O)O3)O1. The molecular weight excluding hydrogens is 292 g/mol. The van der Waals surface area contributed by atoms with Gasteiger partial charge in [-0.2, -0.15) is 0 Å². The topological polar surface area (TPSA) is 52.6 Å². The number of esters is 2. The van der Waals surface area contributed by atoms with Crippen molar-refractivity contribution in [1.29, 1.82) is 0 Å². The second-order valence-electron chi connectivity index (χ2n) is 7.62. The van der Waals surface area contributed by atoms with Crippen LogP contribution in [-0.2, 0) is 19.1 Å². The maximum Gasteiger partial charge on any atom is 0.306 e. The van der Waals surface area contributed by atoms with Crippen LogP contribution in [0.25, 0.3) is 0 Å². The van der Waals surface area contributed by atoms with Gasteiger partial charge in [0, 0.05) is 12.8 Å². The smallest absolute Gasteiger partial charge is 0.306 e. The average Bonchev–Trinajstić information content (AvgIpc) is 3.21. The minimum Gasteiger partial charge on any atom is -0.462 e. The minimum atomic E-state index is -0.0799. The Morgan fingerprint density at radius 1 is 0.870 bits per heavy atom. The molecule has 3 fully saturated rings. The van der Waals surface area contributed by atoms with E-state index in [0.717, 1.165) is 25.7 Å². The third-order valence-corrected chi connectivity index (χ3v) is 6.01. The van der Waals surface area contributed by atoms with Crippen LogP contribution in [0.4, 0.5) is 0 Å². The van der Waals surface area contributed by atoms with Gasteiger partial charge in [0.1, 0.15) is 11.7 Å². The summed E-state index contributed by atoms with van der Waals surface area (Å²) in [6.07, 6.45) is 15.3. The highest BCUT2D eigenvalue weighted by molar-refractivity contribution is 5.72. The Hall–Kier alpha value is -1.06. The lowest BCUT2D eigenvalue weighted by Crippen LogP contribution is -2.32. The molecule has 0 aromatic rings. The van der Waals surface area contributed by atoms with E-state index in [2.05, 4.69) is 0 Å². The molecule has 4 nitrogen and oxygen atoms in total. The zero-order valence-electron chi connectivity index (χ0n) is 14.2. The van der Waals surface area contributed by atoms with Gasteiger partial charge in [0.05, 0.1) is 0 Å². The molecule has 130 valence electrons. The van der Waals surface area contributed by atoms with Gasteiger partial charge in [0.15, 0.2) is 0 Å². The van der Waals surface area contributed by atoms with Crippen molar-refractivity contribution in [1.82, 2.24) is 0 Å². The molecule has 0 N–H and O–H groups in total. The lowest BCUT2D eigenvalue weighted by Gasteiger charge is -2.29. The van der Waals surface area contributed by atoms with Gasteiger partial charge < -0.3 is 9.47 Å². The molecule has 1 spiro atoms. The van der Waals surface area contributed by atoms with Gasteiger partial charge in [0.25, 0.3) is 0 Å². The quantitative estimate of drug-likeness (QED) is 0.494. The number of rotatable bonds is 8. The Morgan fingerprint density at radius 2 is 1.65 bits per heavy atom. The van der Waals surface area contributed by atoms with Crippen LogP contribution in [0.3, 0.4) is 0 Å². The van der Waals surface area contributed by atoms with Gasteiger partial charge >= 0.3 is 11.9 Å². The maximum absolute atomic E-state index is 11.5. The Kier molecular flexibility index (Phi) is 5.60. The van der Waals surface area contributed by atoms with E-state index in [-0.39, 0.29) is 23.6 Å². The number of hydrogen-bond donors (Lipinski definition) is 0. The van der Waals surface area contributed by atoms with E-state index in [4.69, 9.17) is 9.47 Å². The van der Waals surface area contributed by atoms with Crippen molar-refractivity contribution in [2.24, 2.45) is 5.92 Å². The molecule has 0 amide bonds. The number of cyclic esters (lactones) is 1. The summed E-state index contributed by atoms with van der Waals surface area (Å²) in [5.74, 6) is 0.601. The summed E-state index contributed by atoms with van der Waals surface area (Å²) in [4.78, 5) is 22.5. The Bertz CT molecular complexity index is 433. The standard InChI is InChI=1S/C19H30O4/c20-17-11-10-16(22-17)9-5-3-1-2-4-7-15-8-6-13-19(15)14-12-18(21)23-19/h15-16H,1-14H2. The van der Waals surface area contributed by atoms with Gasteiger partial charge in [-0.1, -0.05) is 25.7 Å². The fraction of sp³-hybridized carbons (Fsp3) is 0.895. The van der Waals surface area contributed by atoms with Gasteiger partial charge in [-0.15, -0.1) is 0 Å². The predicted octanol–water partition coefficient (Wildman–Crippen LogP) is 4.30. The molecule has 4 heteroatoms. The summed E-state index contributed by atoms with van der Waals surface area (Å²) in [5, 5.41) is 0. The predicted molar refractivity (Wildman–Crippen MR) is 86.8 cm³/mol. The largest absolute Gasteiger partial charge is 0.462 e. The molecule has 3 atom stereocenters. The second kappa shape index (κ2) is 7.67. The van der Waals surface area contributed by atoms with Crippen molar-refractivity contribution in [3.05, 3.63) is 0 Å². The fourth-order valence-electron chi connectivity index (χ4n) is 4.71. The highest BCUT2D eigenvalue weighted by atomic mass is 16.6. The van der Waals surface area contributed by atoms with Crippen LogP contribution in [0, 0.1) is 5.92 Å². The molecule has 0 radical (unpaired) electrons. The average molecular weight is 322 g/mol. The first kappa shape index (κ1) is 16.8. The minimum absolute atomic E-state index is 0.0181. The normalized spacial score (nSPS) is 33.4. The molecular formula is C19H30O4. The van der Waals surface area contributed by atoms with Gasteiger partial charge in [-0.3, -0.25) is 9.59 Å². The first-order chi connectivity index (χ1) is 11.2. The van der Waals surface area contributed by atoms with Gasteiger partial charge in [0.2, 0.25) is 0 Å². The Labute approximate surface area is 139 Å². The van der Waals surface area contributed by atoms with Crippen LogP contribution < -0.4 is 0 Å². The monoisotopic (exact) mass is 322 g/mol. The third-order valence-electron chi connectivity index (χ3n) is 6.01. The first-order valence-electron chi connectivity index (χ1n) is 9.59. The Balaban J connectivity index is 1.24. The van der Waals surface area contributed by atoms with Gasteiger partial charge in [-0.25, -0.2) is 0 Å². The van der Waals surface area contributed by atoms with Gasteiger partial charge in [-0.05, 0) is 57.3 Å². The van der Waals surface area contributed by atoms with E-state index >= 15 is 0 Å². The number of hydrogen-bond acceptors (Lipinski definition) is 4. The van der Waals surface area contributed by atoms with E-state index in [9.17, 15) is 9.59 Å². The lowest BCUT2D eigenvalue weighted by atomic mass is 9.84. The summed E-state index contributed by atoms with van der Waals surface area (Å²) < 4.78 is 10.9. The third kappa shape index (κ3) is 4.27. The zero-order chi connectivity index (χ0) is 16.1. The molecule has 3 rings (SSSR count). The zero-order valence-corrected chi connectivity index (χ0v) is 14.2. The van der Waals surface area contributed by atoms with E-state index in [1.54, 1.807) is 0 Å². The van der Waals surface area contributed by atoms with Crippen molar-refractivity contribution in [2.75, 3.05) is 0 Å². The molecule has 2 aliphatic heterocycles. The van der Waals surface area contributed by atoms with E-state index in [1.165, 1.54) is 51.4 Å². The van der Waals surface area contributed by atoms with Crippen LogP contribution in [0.5, 0.6) is 0 Å². The van der Waals surface area contributed by atoms with Crippen LogP contribution in [0.15, 0.2) is 0 Å². The molecule has 3 aliphatic rings. The molecule has 0 aromatic heterocycles. The summed E-state index contributed by atoms with van der Waals surface area (Å²) in [6.45, 7) is 0. The van der Waals surface area contributed by atoms with E-state index < -0.39 is 0 Å². The summed E-state index contributed by atoms with van der Waals surface area (Å²) >= 11 is 0. The molecule has 23 heavy (non-hydrogen) atoms. The summed E-state index contributed by atoms with van der Waals surface area (Å²) in [6, 6.07) is 0.